The molecule has 0 bridgehead atoms. The van der Waals surface area contributed by atoms with E-state index in [-0.39, 0.29) is 6.17 Å². The summed E-state index contributed by atoms with van der Waals surface area (Å²) in [6, 6.07) is 5.90. The van der Waals surface area contributed by atoms with Crippen LogP contribution in [0.3, 0.4) is 0 Å². The molecule has 1 aliphatic carbocycles. The van der Waals surface area contributed by atoms with Gasteiger partial charge in [-0.15, -0.1) is 0 Å². The van der Waals surface area contributed by atoms with Gasteiger partial charge >= 0.3 is 0 Å². The minimum absolute atomic E-state index is 0.0256. The summed E-state index contributed by atoms with van der Waals surface area (Å²) in [5.41, 5.74) is 10.8. The van der Waals surface area contributed by atoms with E-state index in [1.807, 2.05) is 18.2 Å². The highest BCUT2D eigenvalue weighted by atomic mass is 35.5. The van der Waals surface area contributed by atoms with Gasteiger partial charge in [0.05, 0.1) is 11.7 Å². The maximum absolute atomic E-state index is 6.10. The van der Waals surface area contributed by atoms with E-state index in [9.17, 15) is 0 Å². The lowest BCUT2D eigenvalue weighted by Crippen LogP contribution is -2.29. The van der Waals surface area contributed by atoms with Gasteiger partial charge in [-0.25, -0.2) is 0 Å². The molecule has 1 aromatic carbocycles. The molecule has 0 spiro atoms. The van der Waals surface area contributed by atoms with Crippen LogP contribution < -0.4 is 11.1 Å². The van der Waals surface area contributed by atoms with Gasteiger partial charge < -0.3 is 11.1 Å². The predicted octanol–water partition coefficient (Wildman–Crippen LogP) is 3.87. The van der Waals surface area contributed by atoms with Crippen LogP contribution in [0.15, 0.2) is 18.2 Å². The van der Waals surface area contributed by atoms with Crippen LogP contribution in [0.25, 0.3) is 10.9 Å². The van der Waals surface area contributed by atoms with Crippen molar-refractivity contribution in [2.75, 3.05) is 5.32 Å². The van der Waals surface area contributed by atoms with Gasteiger partial charge in [-0.3, -0.25) is 4.98 Å². The zero-order valence-corrected chi connectivity index (χ0v) is 12.5. The van der Waals surface area contributed by atoms with Crippen LogP contribution in [0.5, 0.6) is 0 Å². The maximum Gasteiger partial charge on any atom is 0.0741 e. The lowest BCUT2D eigenvalue weighted by Gasteiger charge is -2.24. The van der Waals surface area contributed by atoms with Crippen LogP contribution in [0, 0.1) is 0 Å². The third kappa shape index (κ3) is 2.48. The highest BCUT2D eigenvalue weighted by Gasteiger charge is 2.19. The van der Waals surface area contributed by atoms with E-state index < -0.39 is 0 Å². The van der Waals surface area contributed by atoms with Crippen molar-refractivity contribution < 1.29 is 0 Å². The SMILES string of the molecule is CCC(N)Nc1c2c(nc3cc(Cl)ccc13)CCCC2. The minimum Gasteiger partial charge on any atom is -0.369 e. The van der Waals surface area contributed by atoms with Crippen molar-refractivity contribution in [2.45, 2.75) is 45.2 Å². The van der Waals surface area contributed by atoms with Crippen molar-refractivity contribution in [3.8, 4) is 0 Å². The number of aryl methyl sites for hydroxylation is 1. The van der Waals surface area contributed by atoms with Crippen molar-refractivity contribution in [1.82, 2.24) is 4.98 Å². The Morgan fingerprint density at radius 1 is 1.35 bits per heavy atom. The van der Waals surface area contributed by atoms with Crippen LogP contribution in [-0.2, 0) is 12.8 Å². The zero-order valence-electron chi connectivity index (χ0n) is 11.7. The number of pyridine rings is 1. The van der Waals surface area contributed by atoms with Gasteiger partial charge in [0.25, 0.3) is 0 Å². The number of aromatic nitrogens is 1. The van der Waals surface area contributed by atoms with Crippen molar-refractivity contribution >= 4 is 28.2 Å². The standard InChI is InChI=1S/C16H20ClN3/c1-2-15(18)20-16-11-5-3-4-6-13(11)19-14-9-10(17)7-8-12(14)16/h7-9,15H,2-6,18H2,1H3,(H,19,20). The third-order valence-corrected chi connectivity index (χ3v) is 4.23. The second kappa shape index (κ2) is 5.58. The molecule has 1 unspecified atom stereocenters. The van der Waals surface area contributed by atoms with Gasteiger partial charge in [-0.05, 0) is 55.9 Å². The number of hydrogen-bond donors (Lipinski definition) is 2. The average Bonchev–Trinajstić information content (AvgIpc) is 2.46. The highest BCUT2D eigenvalue weighted by molar-refractivity contribution is 6.31. The largest absolute Gasteiger partial charge is 0.369 e. The molecular weight excluding hydrogens is 270 g/mol. The topological polar surface area (TPSA) is 50.9 Å². The van der Waals surface area contributed by atoms with Gasteiger partial charge in [-0.1, -0.05) is 18.5 Å². The summed E-state index contributed by atoms with van der Waals surface area (Å²) in [5.74, 6) is 0. The number of rotatable bonds is 3. The fourth-order valence-corrected chi connectivity index (χ4v) is 3.02. The minimum atomic E-state index is -0.0256. The number of halogens is 1. The molecule has 0 radical (unpaired) electrons. The molecule has 20 heavy (non-hydrogen) atoms. The molecule has 0 fully saturated rings. The summed E-state index contributed by atoms with van der Waals surface area (Å²) < 4.78 is 0. The smallest absolute Gasteiger partial charge is 0.0741 e. The molecule has 0 aliphatic heterocycles. The van der Waals surface area contributed by atoms with Crippen LogP contribution in [0.2, 0.25) is 5.02 Å². The van der Waals surface area contributed by atoms with Gasteiger partial charge in [-0.2, -0.15) is 0 Å². The van der Waals surface area contributed by atoms with E-state index in [4.69, 9.17) is 22.3 Å². The monoisotopic (exact) mass is 289 g/mol. The molecule has 0 saturated heterocycles. The lowest BCUT2D eigenvalue weighted by atomic mass is 9.92. The summed E-state index contributed by atoms with van der Waals surface area (Å²) in [7, 11) is 0. The average molecular weight is 290 g/mol. The lowest BCUT2D eigenvalue weighted by molar-refractivity contribution is 0.667. The fourth-order valence-electron chi connectivity index (χ4n) is 2.85. The zero-order chi connectivity index (χ0) is 14.1. The summed E-state index contributed by atoms with van der Waals surface area (Å²) >= 11 is 6.10. The number of hydrogen-bond acceptors (Lipinski definition) is 3. The summed E-state index contributed by atoms with van der Waals surface area (Å²) in [4.78, 5) is 4.81. The maximum atomic E-state index is 6.10. The molecule has 3 N–H and O–H groups in total. The quantitative estimate of drug-likeness (QED) is 0.843. The molecule has 3 rings (SSSR count). The van der Waals surface area contributed by atoms with Crippen LogP contribution in [0.1, 0.15) is 37.4 Å². The molecule has 4 heteroatoms. The van der Waals surface area contributed by atoms with E-state index in [1.165, 1.54) is 24.1 Å². The Hall–Kier alpha value is -1.32. The Bertz CT molecular complexity index is 639. The molecular formula is C16H20ClN3. The number of fused-ring (bicyclic) bond motifs is 2. The van der Waals surface area contributed by atoms with Crippen molar-refractivity contribution in [2.24, 2.45) is 5.73 Å². The Kier molecular flexibility index (Phi) is 3.81. The number of benzene rings is 1. The predicted molar refractivity (Wildman–Crippen MR) is 85.3 cm³/mol. The fraction of sp³-hybridized carbons (Fsp3) is 0.438. The first-order valence-corrected chi connectivity index (χ1v) is 7.70. The van der Waals surface area contributed by atoms with Crippen LogP contribution in [-0.4, -0.2) is 11.1 Å². The van der Waals surface area contributed by atoms with E-state index in [0.29, 0.717) is 0 Å². The number of anilines is 1. The molecule has 106 valence electrons. The molecule has 0 saturated carbocycles. The number of nitrogens with two attached hydrogens (primary N) is 1. The first-order valence-electron chi connectivity index (χ1n) is 7.32. The van der Waals surface area contributed by atoms with E-state index in [2.05, 4.69) is 12.2 Å². The molecule has 1 heterocycles. The molecule has 1 atom stereocenters. The second-order valence-electron chi connectivity index (χ2n) is 5.44. The Morgan fingerprint density at radius 3 is 2.95 bits per heavy atom. The molecule has 2 aromatic rings. The number of nitrogens with zero attached hydrogens (tertiary/aromatic N) is 1. The van der Waals surface area contributed by atoms with Gasteiger partial charge in [0.15, 0.2) is 0 Å². The van der Waals surface area contributed by atoms with Gasteiger partial charge in [0.2, 0.25) is 0 Å². The van der Waals surface area contributed by atoms with Crippen molar-refractivity contribution in [1.29, 1.82) is 0 Å². The normalized spacial score (nSPS) is 15.9. The van der Waals surface area contributed by atoms with Crippen molar-refractivity contribution in [3.05, 3.63) is 34.5 Å². The Labute approximate surface area is 124 Å². The molecule has 1 aliphatic rings. The van der Waals surface area contributed by atoms with E-state index >= 15 is 0 Å². The van der Waals surface area contributed by atoms with Gasteiger partial charge in [0, 0.05) is 21.8 Å². The third-order valence-electron chi connectivity index (χ3n) is 3.99. The molecule has 1 aromatic heterocycles. The van der Waals surface area contributed by atoms with E-state index in [1.54, 1.807) is 0 Å². The van der Waals surface area contributed by atoms with Crippen molar-refractivity contribution in [3.63, 3.8) is 0 Å². The number of nitrogens with one attached hydrogen (secondary N) is 1. The summed E-state index contributed by atoms with van der Waals surface area (Å²) in [6.07, 6.45) is 5.44. The highest BCUT2D eigenvalue weighted by Crippen LogP contribution is 2.34. The molecule has 0 amide bonds. The van der Waals surface area contributed by atoms with E-state index in [0.717, 1.165) is 40.9 Å². The Balaban J connectivity index is 2.21. The van der Waals surface area contributed by atoms with Crippen LogP contribution in [0.4, 0.5) is 5.69 Å². The van der Waals surface area contributed by atoms with Crippen LogP contribution >= 0.6 is 11.6 Å². The van der Waals surface area contributed by atoms with Gasteiger partial charge in [0.1, 0.15) is 0 Å². The molecule has 3 nitrogen and oxygen atoms in total. The summed E-state index contributed by atoms with van der Waals surface area (Å²) in [5, 5.41) is 5.33. The first kappa shape index (κ1) is 13.7. The Morgan fingerprint density at radius 2 is 2.15 bits per heavy atom. The second-order valence-corrected chi connectivity index (χ2v) is 5.88. The first-order chi connectivity index (χ1) is 9.69. The summed E-state index contributed by atoms with van der Waals surface area (Å²) in [6.45, 7) is 2.09.